The second kappa shape index (κ2) is 6.10. The Labute approximate surface area is 123 Å². The number of benzene rings is 1. The van der Waals surface area contributed by atoms with Crippen LogP contribution in [0.2, 0.25) is 0 Å². The van der Waals surface area contributed by atoms with Crippen molar-refractivity contribution in [2.75, 3.05) is 25.6 Å². The van der Waals surface area contributed by atoms with Gasteiger partial charge in [-0.3, -0.25) is 4.79 Å². The molecule has 1 fully saturated rings. The summed E-state index contributed by atoms with van der Waals surface area (Å²) >= 11 is 0. The average Bonchev–Trinajstić information content (AvgIpc) is 2.88. The van der Waals surface area contributed by atoms with Crippen molar-refractivity contribution in [2.45, 2.75) is 17.9 Å². The zero-order valence-electron chi connectivity index (χ0n) is 11.9. The number of sulfonamides is 1. The van der Waals surface area contributed by atoms with Crippen LogP contribution < -0.4 is 15.8 Å². The van der Waals surface area contributed by atoms with Crippen molar-refractivity contribution in [2.24, 2.45) is 11.1 Å². The maximum absolute atomic E-state index is 12.2. The molecule has 1 aromatic rings. The van der Waals surface area contributed by atoms with Crippen LogP contribution in [-0.2, 0) is 19.6 Å². The van der Waals surface area contributed by atoms with E-state index in [1.54, 1.807) is 26.1 Å². The molecule has 0 aromatic heterocycles. The van der Waals surface area contributed by atoms with Gasteiger partial charge in [0.15, 0.2) is 0 Å². The standard InChI is InChI=1S/C13H19N3O4S/c1-8-3-4-9(5-12(8)21(14,18)19)16-13(17)10-6-20-7-11(10)15-2/h3-5,10-11,15H,6-7H2,1-2H3,(H,16,17)(H2,14,18,19). The molecule has 0 saturated carbocycles. The number of rotatable bonds is 4. The largest absolute Gasteiger partial charge is 0.379 e. The SMILES string of the molecule is CNC1COCC1C(=O)Nc1ccc(C)c(S(N)(=O)=O)c1. The minimum Gasteiger partial charge on any atom is -0.379 e. The molecule has 2 unspecified atom stereocenters. The molecule has 1 aliphatic rings. The fraction of sp³-hybridized carbons (Fsp3) is 0.462. The Balaban J connectivity index is 2.19. The second-order valence-electron chi connectivity index (χ2n) is 5.05. The van der Waals surface area contributed by atoms with Crippen molar-refractivity contribution >= 4 is 21.6 Å². The van der Waals surface area contributed by atoms with Crippen LogP contribution in [-0.4, -0.2) is 40.6 Å². The summed E-state index contributed by atoms with van der Waals surface area (Å²) in [5, 5.41) is 10.9. The molecule has 1 aliphatic heterocycles. The summed E-state index contributed by atoms with van der Waals surface area (Å²) in [4.78, 5) is 12.2. The maximum Gasteiger partial charge on any atom is 0.238 e. The van der Waals surface area contributed by atoms with Gasteiger partial charge in [-0.05, 0) is 31.7 Å². The van der Waals surface area contributed by atoms with Crippen molar-refractivity contribution in [3.63, 3.8) is 0 Å². The molecule has 1 aromatic carbocycles. The molecule has 8 heteroatoms. The lowest BCUT2D eigenvalue weighted by molar-refractivity contribution is -0.120. The average molecular weight is 313 g/mol. The van der Waals surface area contributed by atoms with E-state index in [0.29, 0.717) is 24.5 Å². The Kier molecular flexibility index (Phi) is 4.62. The minimum atomic E-state index is -3.81. The zero-order chi connectivity index (χ0) is 15.6. The van der Waals surface area contributed by atoms with Gasteiger partial charge in [0, 0.05) is 11.7 Å². The van der Waals surface area contributed by atoms with Crippen LogP contribution in [0.1, 0.15) is 5.56 Å². The smallest absolute Gasteiger partial charge is 0.238 e. The number of carbonyl (C=O) groups excluding carboxylic acids is 1. The summed E-state index contributed by atoms with van der Waals surface area (Å²) in [6, 6.07) is 4.57. The summed E-state index contributed by atoms with van der Waals surface area (Å²) < 4.78 is 28.2. The molecule has 1 amide bonds. The molecule has 7 nitrogen and oxygen atoms in total. The molecule has 0 aliphatic carbocycles. The molecule has 21 heavy (non-hydrogen) atoms. The number of amides is 1. The highest BCUT2D eigenvalue weighted by atomic mass is 32.2. The summed E-state index contributed by atoms with van der Waals surface area (Å²) in [6.45, 7) is 2.46. The molecule has 4 N–H and O–H groups in total. The fourth-order valence-corrected chi connectivity index (χ4v) is 3.12. The van der Waals surface area contributed by atoms with Crippen LogP contribution in [0.25, 0.3) is 0 Å². The minimum absolute atomic E-state index is 0.00754. The Hall–Kier alpha value is -1.48. The monoisotopic (exact) mass is 313 g/mol. The van der Waals surface area contributed by atoms with E-state index in [1.807, 2.05) is 0 Å². The molecule has 116 valence electrons. The highest BCUT2D eigenvalue weighted by Gasteiger charge is 2.33. The number of nitrogens with two attached hydrogens (primary N) is 1. The second-order valence-corrected chi connectivity index (χ2v) is 6.58. The quantitative estimate of drug-likeness (QED) is 0.714. The Morgan fingerprint density at radius 1 is 1.38 bits per heavy atom. The Morgan fingerprint density at radius 2 is 2.10 bits per heavy atom. The van der Waals surface area contributed by atoms with Crippen LogP contribution >= 0.6 is 0 Å². The van der Waals surface area contributed by atoms with E-state index < -0.39 is 10.0 Å². The van der Waals surface area contributed by atoms with Gasteiger partial charge >= 0.3 is 0 Å². The molecule has 0 spiro atoms. The number of carbonyl (C=O) groups is 1. The van der Waals surface area contributed by atoms with Gasteiger partial charge in [-0.25, -0.2) is 13.6 Å². The number of ether oxygens (including phenoxy) is 1. The van der Waals surface area contributed by atoms with Gasteiger partial charge in [0.1, 0.15) is 0 Å². The predicted molar refractivity (Wildman–Crippen MR) is 78.3 cm³/mol. The van der Waals surface area contributed by atoms with Crippen molar-refractivity contribution in [3.05, 3.63) is 23.8 Å². The van der Waals surface area contributed by atoms with Crippen LogP contribution in [0.4, 0.5) is 5.69 Å². The molecule has 2 rings (SSSR count). The highest BCUT2D eigenvalue weighted by molar-refractivity contribution is 7.89. The van der Waals surface area contributed by atoms with E-state index in [2.05, 4.69) is 10.6 Å². The van der Waals surface area contributed by atoms with Crippen LogP contribution in [0, 0.1) is 12.8 Å². The first-order valence-electron chi connectivity index (χ1n) is 6.52. The lowest BCUT2D eigenvalue weighted by Gasteiger charge is -2.17. The summed E-state index contributed by atoms with van der Waals surface area (Å²) in [5.41, 5.74) is 0.934. The number of hydrogen-bond acceptors (Lipinski definition) is 5. The van der Waals surface area contributed by atoms with E-state index in [-0.39, 0.29) is 22.8 Å². The first kappa shape index (κ1) is 15.9. The lowest BCUT2D eigenvalue weighted by atomic mass is 10.0. The Morgan fingerprint density at radius 3 is 2.71 bits per heavy atom. The number of primary sulfonamides is 1. The molecular formula is C13H19N3O4S. The summed E-state index contributed by atoms with van der Waals surface area (Å²) in [5.74, 6) is -0.523. The first-order chi connectivity index (χ1) is 9.82. The van der Waals surface area contributed by atoms with E-state index in [4.69, 9.17) is 9.88 Å². The number of aryl methyl sites for hydroxylation is 1. The van der Waals surface area contributed by atoms with Gasteiger partial charge in [0.05, 0.1) is 24.0 Å². The third kappa shape index (κ3) is 3.59. The van der Waals surface area contributed by atoms with Gasteiger partial charge in [-0.1, -0.05) is 6.07 Å². The van der Waals surface area contributed by atoms with Crippen molar-refractivity contribution < 1.29 is 17.9 Å². The molecule has 2 atom stereocenters. The molecule has 0 radical (unpaired) electrons. The lowest BCUT2D eigenvalue weighted by Crippen LogP contribution is -2.39. The van der Waals surface area contributed by atoms with Crippen molar-refractivity contribution in [3.8, 4) is 0 Å². The topological polar surface area (TPSA) is 111 Å². The van der Waals surface area contributed by atoms with Gasteiger partial charge in [0.2, 0.25) is 15.9 Å². The van der Waals surface area contributed by atoms with Gasteiger partial charge in [0.25, 0.3) is 0 Å². The van der Waals surface area contributed by atoms with Gasteiger partial charge in [-0.2, -0.15) is 0 Å². The number of anilines is 1. The predicted octanol–water partition coefficient (Wildman–Crippen LogP) is -0.185. The normalized spacial score (nSPS) is 22.2. The zero-order valence-corrected chi connectivity index (χ0v) is 12.7. The number of hydrogen-bond donors (Lipinski definition) is 3. The molecule has 1 heterocycles. The number of nitrogens with one attached hydrogen (secondary N) is 2. The summed E-state index contributed by atoms with van der Waals surface area (Å²) in [7, 11) is -2.05. The van der Waals surface area contributed by atoms with Crippen LogP contribution in [0.5, 0.6) is 0 Å². The van der Waals surface area contributed by atoms with Gasteiger partial charge in [-0.15, -0.1) is 0 Å². The van der Waals surface area contributed by atoms with Crippen molar-refractivity contribution in [1.29, 1.82) is 0 Å². The van der Waals surface area contributed by atoms with Crippen molar-refractivity contribution in [1.82, 2.24) is 5.32 Å². The molecular weight excluding hydrogens is 294 g/mol. The van der Waals surface area contributed by atoms with E-state index >= 15 is 0 Å². The molecule has 1 saturated heterocycles. The third-order valence-electron chi connectivity index (χ3n) is 3.55. The van der Waals surface area contributed by atoms with Gasteiger partial charge < -0.3 is 15.4 Å². The van der Waals surface area contributed by atoms with Crippen LogP contribution in [0.3, 0.4) is 0 Å². The first-order valence-corrected chi connectivity index (χ1v) is 8.07. The summed E-state index contributed by atoms with van der Waals surface area (Å²) in [6.07, 6.45) is 0. The van der Waals surface area contributed by atoms with E-state index in [9.17, 15) is 13.2 Å². The number of likely N-dealkylation sites (N-methyl/N-ethyl adjacent to an activating group) is 1. The molecule has 0 bridgehead atoms. The fourth-order valence-electron chi connectivity index (χ4n) is 2.32. The maximum atomic E-state index is 12.2. The third-order valence-corrected chi connectivity index (χ3v) is 4.60. The van der Waals surface area contributed by atoms with E-state index in [1.165, 1.54) is 6.07 Å². The van der Waals surface area contributed by atoms with E-state index in [0.717, 1.165) is 0 Å². The highest BCUT2D eigenvalue weighted by Crippen LogP contribution is 2.21. The van der Waals surface area contributed by atoms with Crippen LogP contribution in [0.15, 0.2) is 23.1 Å². The Bertz CT molecular complexity index is 645.